The fourth-order valence-corrected chi connectivity index (χ4v) is 5.34. The summed E-state index contributed by atoms with van der Waals surface area (Å²) in [6.07, 6.45) is 1.37. The lowest BCUT2D eigenvalue weighted by molar-refractivity contribution is 0.0659. The maximum absolute atomic E-state index is 13.9. The minimum atomic E-state index is -0.187. The minimum absolute atomic E-state index is 0.00441. The lowest BCUT2D eigenvalue weighted by atomic mass is 9.87. The van der Waals surface area contributed by atoms with E-state index < -0.39 is 0 Å². The molecule has 4 rings (SSSR count). The maximum atomic E-state index is 13.9. The summed E-state index contributed by atoms with van der Waals surface area (Å²) in [6, 6.07) is 17.6. The van der Waals surface area contributed by atoms with Crippen LogP contribution in [0.3, 0.4) is 0 Å². The molecule has 0 fully saturated rings. The van der Waals surface area contributed by atoms with Gasteiger partial charge in [0.05, 0.1) is 32.5 Å². The maximum Gasteiger partial charge on any atom is 0.254 e. The Bertz CT molecular complexity index is 1260. The molecule has 0 unspecified atom stereocenters. The zero-order chi connectivity index (χ0) is 27.1. The molecule has 0 aromatic heterocycles. The third-order valence-electron chi connectivity index (χ3n) is 6.53. The van der Waals surface area contributed by atoms with Gasteiger partial charge in [-0.2, -0.15) is 0 Å². The molecule has 0 saturated carbocycles. The fraction of sp³-hybridized carbons (Fsp3) is 0.387. The molecule has 38 heavy (non-hydrogen) atoms. The van der Waals surface area contributed by atoms with Crippen LogP contribution in [-0.4, -0.2) is 43.8 Å². The van der Waals surface area contributed by atoms with Crippen molar-refractivity contribution in [2.75, 3.05) is 33.0 Å². The molecular weight excluding hydrogens is 546 g/mol. The van der Waals surface area contributed by atoms with E-state index in [9.17, 15) is 4.79 Å². The Morgan fingerprint density at radius 3 is 2.11 bits per heavy atom. The lowest BCUT2D eigenvalue weighted by Gasteiger charge is -2.38. The standard InChI is InChI=1S/C31H36BrNO5/c1-5-35-27-13-12-21(17-28(27)36-6-2)16-26-25-20-30(38-8-4)29(37-7-3)19-22(25)14-15-33(26)31(34)23-10-9-11-24(32)18-23/h9-13,17-20,26H,5-8,14-16H2,1-4H3/t26-/m1/s1. The number of carbonyl (C=O) groups is 1. The van der Waals surface area contributed by atoms with E-state index in [1.165, 1.54) is 5.56 Å². The zero-order valence-corrected chi connectivity index (χ0v) is 24.2. The monoisotopic (exact) mass is 581 g/mol. The fourth-order valence-electron chi connectivity index (χ4n) is 4.94. The number of carbonyl (C=O) groups excluding carboxylic acids is 1. The summed E-state index contributed by atoms with van der Waals surface area (Å²) in [4.78, 5) is 15.8. The highest BCUT2D eigenvalue weighted by Gasteiger charge is 2.33. The smallest absolute Gasteiger partial charge is 0.254 e. The highest BCUT2D eigenvalue weighted by atomic mass is 79.9. The summed E-state index contributed by atoms with van der Waals surface area (Å²) < 4.78 is 24.4. The van der Waals surface area contributed by atoms with Crippen LogP contribution < -0.4 is 18.9 Å². The lowest BCUT2D eigenvalue weighted by Crippen LogP contribution is -2.41. The average Bonchev–Trinajstić information content (AvgIpc) is 2.91. The summed E-state index contributed by atoms with van der Waals surface area (Å²) in [7, 11) is 0. The van der Waals surface area contributed by atoms with Crippen LogP contribution in [-0.2, 0) is 12.8 Å². The number of hydrogen-bond donors (Lipinski definition) is 0. The van der Waals surface area contributed by atoms with Crippen LogP contribution in [0.4, 0.5) is 0 Å². The SMILES string of the molecule is CCOc1ccc(C[C@@H]2c3cc(OCC)c(OCC)cc3CCN2C(=O)c2cccc(Br)c2)cc1OCC. The third kappa shape index (κ3) is 6.26. The summed E-state index contributed by atoms with van der Waals surface area (Å²) in [5.41, 5.74) is 3.98. The molecule has 0 saturated heterocycles. The normalized spacial score (nSPS) is 14.6. The predicted molar refractivity (Wildman–Crippen MR) is 153 cm³/mol. The van der Waals surface area contributed by atoms with Crippen LogP contribution in [0.1, 0.15) is 60.8 Å². The zero-order valence-electron chi connectivity index (χ0n) is 22.6. The Morgan fingerprint density at radius 1 is 0.816 bits per heavy atom. The summed E-state index contributed by atoms with van der Waals surface area (Å²) in [5, 5.41) is 0. The van der Waals surface area contributed by atoms with Gasteiger partial charge in [-0.15, -0.1) is 0 Å². The minimum Gasteiger partial charge on any atom is -0.490 e. The Hall–Kier alpha value is -3.19. The van der Waals surface area contributed by atoms with Crippen molar-refractivity contribution in [3.05, 3.63) is 81.3 Å². The Morgan fingerprint density at radius 2 is 1.45 bits per heavy atom. The van der Waals surface area contributed by atoms with Crippen molar-refractivity contribution < 1.29 is 23.7 Å². The molecule has 6 nitrogen and oxygen atoms in total. The number of ether oxygens (including phenoxy) is 4. The van der Waals surface area contributed by atoms with Crippen molar-refractivity contribution in [3.63, 3.8) is 0 Å². The second-order valence-corrected chi connectivity index (χ2v) is 9.91. The topological polar surface area (TPSA) is 57.2 Å². The van der Waals surface area contributed by atoms with E-state index >= 15 is 0 Å². The number of halogens is 1. The first-order valence-corrected chi connectivity index (χ1v) is 14.2. The van der Waals surface area contributed by atoms with Gasteiger partial charge in [0.25, 0.3) is 5.91 Å². The molecule has 3 aromatic rings. The van der Waals surface area contributed by atoms with Crippen molar-refractivity contribution in [3.8, 4) is 23.0 Å². The first-order chi connectivity index (χ1) is 18.5. The van der Waals surface area contributed by atoms with Gasteiger partial charge in [-0.1, -0.05) is 28.1 Å². The molecule has 1 aliphatic rings. The molecule has 0 N–H and O–H groups in total. The molecule has 7 heteroatoms. The Kier molecular flexibility index (Phi) is 9.56. The van der Waals surface area contributed by atoms with Crippen LogP contribution in [0.2, 0.25) is 0 Å². The van der Waals surface area contributed by atoms with Crippen LogP contribution in [0, 0.1) is 0 Å². The molecule has 0 bridgehead atoms. The van der Waals surface area contributed by atoms with Crippen molar-refractivity contribution in [1.82, 2.24) is 4.90 Å². The van der Waals surface area contributed by atoms with Crippen molar-refractivity contribution in [2.24, 2.45) is 0 Å². The average molecular weight is 583 g/mol. The molecule has 0 spiro atoms. The molecule has 1 aliphatic heterocycles. The molecular formula is C31H36BrNO5. The quantitative estimate of drug-likeness (QED) is 0.243. The first-order valence-electron chi connectivity index (χ1n) is 13.4. The third-order valence-corrected chi connectivity index (χ3v) is 7.03. The molecule has 1 amide bonds. The number of nitrogens with zero attached hydrogens (tertiary/aromatic N) is 1. The van der Waals surface area contributed by atoms with Gasteiger partial charge in [0.15, 0.2) is 23.0 Å². The van der Waals surface area contributed by atoms with E-state index in [0.717, 1.165) is 39.3 Å². The molecule has 1 atom stereocenters. The van der Waals surface area contributed by atoms with E-state index in [2.05, 4.69) is 34.1 Å². The van der Waals surface area contributed by atoms with Crippen molar-refractivity contribution >= 4 is 21.8 Å². The van der Waals surface area contributed by atoms with Crippen molar-refractivity contribution in [1.29, 1.82) is 0 Å². The molecule has 3 aromatic carbocycles. The first kappa shape index (κ1) is 27.8. The molecule has 202 valence electrons. The molecule has 0 radical (unpaired) electrons. The van der Waals surface area contributed by atoms with E-state index in [1.807, 2.05) is 69.0 Å². The van der Waals surface area contributed by atoms with Gasteiger partial charge in [0.1, 0.15) is 0 Å². The number of amides is 1. The number of hydrogen-bond acceptors (Lipinski definition) is 5. The number of benzene rings is 3. The second-order valence-electron chi connectivity index (χ2n) is 8.99. The molecule has 0 aliphatic carbocycles. The van der Waals surface area contributed by atoms with Gasteiger partial charge in [0, 0.05) is 16.6 Å². The van der Waals surface area contributed by atoms with Crippen molar-refractivity contribution in [2.45, 2.75) is 46.6 Å². The van der Waals surface area contributed by atoms with Gasteiger partial charge in [-0.25, -0.2) is 0 Å². The molecule has 1 heterocycles. The second kappa shape index (κ2) is 13.1. The summed E-state index contributed by atoms with van der Waals surface area (Å²) in [6.45, 7) is 10.7. The van der Waals surface area contributed by atoms with E-state index in [-0.39, 0.29) is 11.9 Å². The Labute approximate surface area is 234 Å². The van der Waals surface area contributed by atoms with Crippen LogP contribution in [0.25, 0.3) is 0 Å². The highest BCUT2D eigenvalue weighted by molar-refractivity contribution is 9.10. The van der Waals surface area contributed by atoms with Gasteiger partial charge in [0.2, 0.25) is 0 Å². The van der Waals surface area contributed by atoms with Crippen LogP contribution in [0.5, 0.6) is 23.0 Å². The summed E-state index contributed by atoms with van der Waals surface area (Å²) in [5.74, 6) is 2.90. The largest absolute Gasteiger partial charge is 0.490 e. The van der Waals surface area contributed by atoms with Gasteiger partial charge in [-0.3, -0.25) is 4.79 Å². The van der Waals surface area contributed by atoms with Gasteiger partial charge < -0.3 is 23.8 Å². The number of fused-ring (bicyclic) bond motifs is 1. The van der Waals surface area contributed by atoms with E-state index in [0.29, 0.717) is 50.7 Å². The van der Waals surface area contributed by atoms with Gasteiger partial charge in [-0.05, 0) is 99.7 Å². The summed E-state index contributed by atoms with van der Waals surface area (Å²) >= 11 is 3.51. The number of rotatable bonds is 11. The highest BCUT2D eigenvalue weighted by Crippen LogP contribution is 2.41. The van der Waals surface area contributed by atoms with Crippen LogP contribution >= 0.6 is 15.9 Å². The van der Waals surface area contributed by atoms with E-state index in [1.54, 1.807) is 0 Å². The predicted octanol–water partition coefficient (Wildman–Crippen LogP) is 7.03. The van der Waals surface area contributed by atoms with Gasteiger partial charge >= 0.3 is 0 Å². The van der Waals surface area contributed by atoms with E-state index in [4.69, 9.17) is 18.9 Å². The van der Waals surface area contributed by atoms with Crippen LogP contribution in [0.15, 0.2) is 59.1 Å². The Balaban J connectivity index is 1.78.